The SMILES string of the molecule is Cl.O=C(O)c1c(C2CCNCC2)ccn1Cc1ccccc1. The van der Waals surface area contributed by atoms with E-state index in [0.717, 1.165) is 37.1 Å². The first-order valence-electron chi connectivity index (χ1n) is 7.42. The van der Waals surface area contributed by atoms with Gasteiger partial charge in [-0.05, 0) is 49.0 Å². The number of carboxylic acids is 1. The third-order valence-corrected chi connectivity index (χ3v) is 4.17. The fourth-order valence-corrected chi connectivity index (χ4v) is 3.11. The Labute approximate surface area is 136 Å². The van der Waals surface area contributed by atoms with Crippen LogP contribution in [0.2, 0.25) is 0 Å². The van der Waals surface area contributed by atoms with Crippen LogP contribution in [0, 0.1) is 0 Å². The zero-order valence-electron chi connectivity index (χ0n) is 12.4. The Bertz CT molecular complexity index is 619. The van der Waals surface area contributed by atoms with Gasteiger partial charge >= 0.3 is 5.97 Å². The molecule has 0 bridgehead atoms. The summed E-state index contributed by atoms with van der Waals surface area (Å²) in [7, 11) is 0. The largest absolute Gasteiger partial charge is 0.477 e. The second-order valence-electron chi connectivity index (χ2n) is 5.56. The molecular formula is C17H21ClN2O2. The molecule has 1 fully saturated rings. The van der Waals surface area contributed by atoms with Crippen LogP contribution in [-0.4, -0.2) is 28.7 Å². The molecule has 1 aliphatic rings. The molecule has 0 aliphatic carbocycles. The standard InChI is InChI=1S/C17H20N2O2.ClH/c20-17(21)16-15(14-6-9-18-10-7-14)8-11-19(16)12-13-4-2-1-3-5-13;/h1-5,8,11,14,18H,6-7,9-10,12H2,(H,20,21);1H. The third-order valence-electron chi connectivity index (χ3n) is 4.17. The number of piperidine rings is 1. The van der Waals surface area contributed by atoms with E-state index in [1.165, 1.54) is 0 Å². The average Bonchev–Trinajstić information content (AvgIpc) is 2.93. The molecule has 5 heteroatoms. The molecule has 0 amide bonds. The van der Waals surface area contributed by atoms with Gasteiger partial charge in [-0.2, -0.15) is 0 Å². The topological polar surface area (TPSA) is 54.3 Å². The van der Waals surface area contributed by atoms with Crippen molar-refractivity contribution in [3.05, 3.63) is 59.4 Å². The summed E-state index contributed by atoms with van der Waals surface area (Å²) in [5.74, 6) is -0.473. The first-order valence-corrected chi connectivity index (χ1v) is 7.42. The zero-order chi connectivity index (χ0) is 14.7. The van der Waals surface area contributed by atoms with Gasteiger partial charge in [-0.1, -0.05) is 30.3 Å². The summed E-state index contributed by atoms with van der Waals surface area (Å²) in [4.78, 5) is 11.7. The first kappa shape index (κ1) is 16.6. The van der Waals surface area contributed by atoms with Gasteiger partial charge in [0.2, 0.25) is 0 Å². The van der Waals surface area contributed by atoms with E-state index in [-0.39, 0.29) is 12.4 Å². The molecule has 1 aliphatic heterocycles. The summed E-state index contributed by atoms with van der Waals surface area (Å²) in [6.45, 7) is 2.54. The maximum Gasteiger partial charge on any atom is 0.352 e. The molecule has 0 radical (unpaired) electrons. The molecule has 118 valence electrons. The van der Waals surface area contributed by atoms with Crippen LogP contribution in [-0.2, 0) is 6.54 Å². The molecule has 0 spiro atoms. The average molecular weight is 321 g/mol. The van der Waals surface area contributed by atoms with Gasteiger partial charge in [0.15, 0.2) is 0 Å². The van der Waals surface area contributed by atoms with Crippen molar-refractivity contribution in [3.8, 4) is 0 Å². The predicted molar refractivity (Wildman–Crippen MR) is 89.0 cm³/mol. The van der Waals surface area contributed by atoms with E-state index >= 15 is 0 Å². The number of hydrogen-bond donors (Lipinski definition) is 2. The van der Waals surface area contributed by atoms with Crippen LogP contribution in [0.15, 0.2) is 42.6 Å². The lowest BCUT2D eigenvalue weighted by Gasteiger charge is -2.23. The summed E-state index contributed by atoms with van der Waals surface area (Å²) in [5.41, 5.74) is 2.55. The highest BCUT2D eigenvalue weighted by molar-refractivity contribution is 5.88. The van der Waals surface area contributed by atoms with Gasteiger partial charge in [0.25, 0.3) is 0 Å². The van der Waals surface area contributed by atoms with Crippen LogP contribution >= 0.6 is 12.4 Å². The highest BCUT2D eigenvalue weighted by atomic mass is 35.5. The quantitative estimate of drug-likeness (QED) is 0.910. The van der Waals surface area contributed by atoms with Gasteiger partial charge in [0.1, 0.15) is 5.69 Å². The summed E-state index contributed by atoms with van der Waals surface area (Å²) in [6, 6.07) is 12.0. The smallest absolute Gasteiger partial charge is 0.352 e. The van der Waals surface area contributed by atoms with Crippen molar-refractivity contribution < 1.29 is 9.90 Å². The van der Waals surface area contributed by atoms with Crippen LogP contribution in [0.25, 0.3) is 0 Å². The second-order valence-corrected chi connectivity index (χ2v) is 5.56. The second kappa shape index (κ2) is 7.47. The minimum absolute atomic E-state index is 0. The maximum absolute atomic E-state index is 11.7. The molecular weight excluding hydrogens is 300 g/mol. The minimum atomic E-state index is -0.829. The Morgan fingerprint density at radius 3 is 2.50 bits per heavy atom. The minimum Gasteiger partial charge on any atom is -0.477 e. The lowest BCUT2D eigenvalue weighted by atomic mass is 9.90. The number of benzene rings is 1. The highest BCUT2D eigenvalue weighted by Gasteiger charge is 2.24. The monoisotopic (exact) mass is 320 g/mol. The van der Waals surface area contributed by atoms with Crippen LogP contribution in [0.4, 0.5) is 0 Å². The molecule has 1 aromatic heterocycles. The van der Waals surface area contributed by atoms with Crippen molar-refractivity contribution in [2.45, 2.75) is 25.3 Å². The Hall–Kier alpha value is -1.78. The van der Waals surface area contributed by atoms with Gasteiger partial charge < -0.3 is 15.0 Å². The Balaban J connectivity index is 0.00000176. The van der Waals surface area contributed by atoms with E-state index < -0.39 is 5.97 Å². The number of aromatic carboxylic acids is 1. The number of nitrogens with zero attached hydrogens (tertiary/aromatic N) is 1. The summed E-state index contributed by atoms with van der Waals surface area (Å²) in [6.07, 6.45) is 3.93. The molecule has 3 rings (SSSR count). The number of hydrogen-bond acceptors (Lipinski definition) is 2. The van der Waals surface area contributed by atoms with Crippen molar-refractivity contribution in [1.82, 2.24) is 9.88 Å². The molecule has 0 atom stereocenters. The Kier molecular flexibility index (Phi) is 5.63. The Morgan fingerprint density at radius 1 is 1.18 bits per heavy atom. The fraction of sp³-hybridized carbons (Fsp3) is 0.353. The van der Waals surface area contributed by atoms with Gasteiger partial charge in [0, 0.05) is 12.7 Å². The van der Waals surface area contributed by atoms with Crippen molar-refractivity contribution >= 4 is 18.4 Å². The summed E-state index contributed by atoms with van der Waals surface area (Å²) < 4.78 is 1.86. The molecule has 0 saturated carbocycles. The lowest BCUT2D eigenvalue weighted by molar-refractivity contribution is 0.0683. The van der Waals surface area contributed by atoms with Crippen molar-refractivity contribution in [1.29, 1.82) is 0 Å². The van der Waals surface area contributed by atoms with E-state index in [0.29, 0.717) is 18.2 Å². The van der Waals surface area contributed by atoms with E-state index in [9.17, 15) is 9.90 Å². The van der Waals surface area contributed by atoms with E-state index in [2.05, 4.69) is 5.32 Å². The number of rotatable bonds is 4. The van der Waals surface area contributed by atoms with Crippen molar-refractivity contribution in [3.63, 3.8) is 0 Å². The fourth-order valence-electron chi connectivity index (χ4n) is 3.11. The van der Waals surface area contributed by atoms with Crippen molar-refractivity contribution in [2.24, 2.45) is 0 Å². The molecule has 1 saturated heterocycles. The van der Waals surface area contributed by atoms with E-state index in [1.807, 2.05) is 47.2 Å². The first-order chi connectivity index (χ1) is 10.3. The van der Waals surface area contributed by atoms with Crippen LogP contribution in [0.5, 0.6) is 0 Å². The van der Waals surface area contributed by atoms with Gasteiger partial charge in [-0.15, -0.1) is 12.4 Å². The molecule has 22 heavy (non-hydrogen) atoms. The third kappa shape index (κ3) is 3.51. The van der Waals surface area contributed by atoms with Crippen LogP contribution in [0.3, 0.4) is 0 Å². The maximum atomic E-state index is 11.7. The van der Waals surface area contributed by atoms with E-state index in [1.54, 1.807) is 0 Å². The van der Waals surface area contributed by atoms with E-state index in [4.69, 9.17) is 0 Å². The number of carboxylic acid groups (broad SMARTS) is 1. The predicted octanol–water partition coefficient (Wildman–Crippen LogP) is 3.12. The molecule has 4 nitrogen and oxygen atoms in total. The summed E-state index contributed by atoms with van der Waals surface area (Å²) >= 11 is 0. The molecule has 0 unspecified atom stereocenters. The van der Waals surface area contributed by atoms with Gasteiger partial charge in [-0.3, -0.25) is 0 Å². The van der Waals surface area contributed by atoms with Crippen LogP contribution in [0.1, 0.15) is 40.4 Å². The normalized spacial score (nSPS) is 15.3. The number of carbonyl (C=O) groups is 1. The molecule has 1 aromatic carbocycles. The molecule has 2 N–H and O–H groups in total. The molecule has 2 heterocycles. The zero-order valence-corrected chi connectivity index (χ0v) is 13.2. The lowest BCUT2D eigenvalue weighted by Crippen LogP contribution is -2.27. The van der Waals surface area contributed by atoms with Gasteiger partial charge in [0.05, 0.1) is 0 Å². The van der Waals surface area contributed by atoms with Crippen molar-refractivity contribution in [2.75, 3.05) is 13.1 Å². The number of nitrogens with one attached hydrogen (secondary N) is 1. The number of aromatic nitrogens is 1. The Morgan fingerprint density at radius 2 is 1.86 bits per heavy atom. The highest BCUT2D eigenvalue weighted by Crippen LogP contribution is 2.29. The number of halogens is 1. The summed E-state index contributed by atoms with van der Waals surface area (Å²) in [5, 5.41) is 12.9. The molecule has 2 aromatic rings. The van der Waals surface area contributed by atoms with Gasteiger partial charge in [-0.25, -0.2) is 4.79 Å². The van der Waals surface area contributed by atoms with Crippen LogP contribution < -0.4 is 5.32 Å².